The first-order chi connectivity index (χ1) is 9.74. The molecule has 0 bridgehead atoms. The summed E-state index contributed by atoms with van der Waals surface area (Å²) in [7, 11) is 2.17. The van der Waals surface area contributed by atoms with Gasteiger partial charge in [0.15, 0.2) is 0 Å². The van der Waals surface area contributed by atoms with Crippen molar-refractivity contribution in [2.24, 2.45) is 0 Å². The predicted molar refractivity (Wildman–Crippen MR) is 86.6 cm³/mol. The van der Waals surface area contributed by atoms with Crippen molar-refractivity contribution in [3.05, 3.63) is 66.2 Å². The molecule has 0 saturated carbocycles. The maximum Gasteiger partial charge on any atom is 0.128 e. The van der Waals surface area contributed by atoms with Crippen LogP contribution >= 0.6 is 0 Å². The third-order valence-electron chi connectivity index (χ3n) is 4.03. The zero-order valence-corrected chi connectivity index (χ0v) is 12.2. The Morgan fingerprint density at radius 3 is 2.20 bits per heavy atom. The fourth-order valence-electron chi connectivity index (χ4n) is 2.93. The largest absolute Gasteiger partial charge is 0.349 e. The van der Waals surface area contributed by atoms with Crippen molar-refractivity contribution < 1.29 is 0 Å². The van der Waals surface area contributed by atoms with Crippen LogP contribution in [0.25, 0.3) is 0 Å². The van der Waals surface area contributed by atoms with Gasteiger partial charge in [0.2, 0.25) is 0 Å². The highest BCUT2D eigenvalue weighted by Crippen LogP contribution is 2.44. The molecule has 0 saturated heterocycles. The number of fused-ring (bicyclic) bond motifs is 1. The van der Waals surface area contributed by atoms with Crippen LogP contribution in [-0.4, -0.2) is 13.2 Å². The Kier molecular flexibility index (Phi) is 3.23. The second-order valence-electron chi connectivity index (χ2n) is 5.21. The lowest BCUT2D eigenvalue weighted by molar-refractivity contribution is 0.757. The summed E-state index contributed by atoms with van der Waals surface area (Å²) in [5.74, 6) is 0. The minimum absolute atomic E-state index is 0.250. The maximum absolute atomic E-state index is 2.41. The van der Waals surface area contributed by atoms with Crippen LogP contribution in [0.2, 0.25) is 0 Å². The lowest BCUT2D eigenvalue weighted by Crippen LogP contribution is -2.39. The van der Waals surface area contributed by atoms with Crippen LogP contribution in [0.4, 0.5) is 17.1 Å². The van der Waals surface area contributed by atoms with Gasteiger partial charge in [0.25, 0.3) is 0 Å². The van der Waals surface area contributed by atoms with E-state index >= 15 is 0 Å². The molecule has 0 aliphatic carbocycles. The van der Waals surface area contributed by atoms with Gasteiger partial charge in [0, 0.05) is 12.7 Å². The zero-order chi connectivity index (χ0) is 14.1. The predicted octanol–water partition coefficient (Wildman–Crippen LogP) is 4.57. The van der Waals surface area contributed by atoms with Crippen LogP contribution in [-0.2, 0) is 0 Å². The van der Waals surface area contributed by atoms with Crippen molar-refractivity contribution >= 4 is 17.1 Å². The number of likely N-dealkylation sites (N-methyl/N-ethyl adjacent to an activating group) is 1. The maximum atomic E-state index is 2.41. The van der Waals surface area contributed by atoms with Crippen LogP contribution in [0.3, 0.4) is 0 Å². The van der Waals surface area contributed by atoms with E-state index in [1.54, 1.807) is 0 Å². The molecule has 0 aromatic heterocycles. The first kappa shape index (κ1) is 12.8. The average molecular weight is 264 g/mol. The molecule has 0 N–H and O–H groups in total. The van der Waals surface area contributed by atoms with Crippen LogP contribution in [0.15, 0.2) is 66.2 Å². The first-order valence-electron chi connectivity index (χ1n) is 7.03. The van der Waals surface area contributed by atoms with E-state index in [-0.39, 0.29) is 6.17 Å². The third kappa shape index (κ3) is 1.88. The Morgan fingerprint density at radius 1 is 0.950 bits per heavy atom. The molecule has 0 spiro atoms. The molecule has 3 rings (SSSR count). The molecule has 20 heavy (non-hydrogen) atoms. The fourth-order valence-corrected chi connectivity index (χ4v) is 2.93. The summed E-state index contributed by atoms with van der Waals surface area (Å²) in [5.41, 5.74) is 5.14. The quantitative estimate of drug-likeness (QED) is 0.733. The molecular formula is C18H20N2. The summed E-state index contributed by atoms with van der Waals surface area (Å²) >= 11 is 0. The number of para-hydroxylation sites is 3. The van der Waals surface area contributed by atoms with E-state index in [9.17, 15) is 0 Å². The summed E-state index contributed by atoms with van der Waals surface area (Å²) in [6.45, 7) is 4.30. The molecular weight excluding hydrogens is 244 g/mol. The normalized spacial score (nSPS) is 18.4. The summed E-state index contributed by atoms with van der Waals surface area (Å²) in [6.07, 6.45) is 2.45. The van der Waals surface area contributed by atoms with Gasteiger partial charge in [0.05, 0.1) is 11.4 Å². The molecule has 0 radical (unpaired) electrons. The van der Waals surface area contributed by atoms with Crippen LogP contribution in [0.5, 0.6) is 0 Å². The number of hydrogen-bond donors (Lipinski definition) is 0. The van der Waals surface area contributed by atoms with Crippen LogP contribution < -0.4 is 9.80 Å². The molecule has 1 atom stereocenters. The monoisotopic (exact) mass is 264 g/mol. The van der Waals surface area contributed by atoms with E-state index in [0.717, 1.165) is 0 Å². The number of rotatable bonds is 2. The molecule has 2 nitrogen and oxygen atoms in total. The SMILES string of the molecule is C/C=C(\C)C1N(C)c2ccccc2N1c1ccccc1. The van der Waals surface area contributed by atoms with E-state index in [4.69, 9.17) is 0 Å². The summed E-state index contributed by atoms with van der Waals surface area (Å²) < 4.78 is 0. The smallest absolute Gasteiger partial charge is 0.128 e. The fraction of sp³-hybridized carbons (Fsp3) is 0.222. The molecule has 0 amide bonds. The minimum atomic E-state index is 0.250. The second-order valence-corrected chi connectivity index (χ2v) is 5.21. The number of anilines is 3. The van der Waals surface area contributed by atoms with Crippen molar-refractivity contribution in [2.45, 2.75) is 20.0 Å². The van der Waals surface area contributed by atoms with Gasteiger partial charge in [0.1, 0.15) is 6.17 Å². The van der Waals surface area contributed by atoms with Crippen molar-refractivity contribution in [2.75, 3.05) is 16.8 Å². The highest BCUT2D eigenvalue weighted by atomic mass is 15.4. The van der Waals surface area contributed by atoms with E-state index < -0.39 is 0 Å². The number of nitrogens with zero attached hydrogens (tertiary/aromatic N) is 2. The minimum Gasteiger partial charge on any atom is -0.349 e. The number of allylic oxidation sites excluding steroid dienone is 1. The molecule has 1 aliphatic rings. The van der Waals surface area contributed by atoms with E-state index in [1.165, 1.54) is 22.6 Å². The highest BCUT2D eigenvalue weighted by molar-refractivity contribution is 5.84. The van der Waals surface area contributed by atoms with Gasteiger partial charge in [-0.1, -0.05) is 36.4 Å². The van der Waals surface area contributed by atoms with E-state index in [0.29, 0.717) is 0 Å². The molecule has 2 aromatic carbocycles. The van der Waals surface area contributed by atoms with Crippen molar-refractivity contribution in [3.63, 3.8) is 0 Å². The molecule has 1 aliphatic heterocycles. The number of hydrogen-bond acceptors (Lipinski definition) is 2. The zero-order valence-electron chi connectivity index (χ0n) is 12.2. The summed E-state index contributed by atoms with van der Waals surface area (Å²) in [5, 5.41) is 0. The van der Waals surface area contributed by atoms with Crippen molar-refractivity contribution in [3.8, 4) is 0 Å². The second kappa shape index (κ2) is 5.04. The van der Waals surface area contributed by atoms with Gasteiger partial charge >= 0.3 is 0 Å². The molecule has 1 unspecified atom stereocenters. The van der Waals surface area contributed by atoms with Crippen LogP contribution in [0, 0.1) is 0 Å². The van der Waals surface area contributed by atoms with Gasteiger partial charge in [-0.05, 0) is 43.7 Å². The Balaban J connectivity index is 2.17. The van der Waals surface area contributed by atoms with Crippen molar-refractivity contribution in [1.82, 2.24) is 0 Å². The lowest BCUT2D eigenvalue weighted by Gasteiger charge is -2.31. The van der Waals surface area contributed by atoms with Gasteiger partial charge < -0.3 is 9.80 Å². The van der Waals surface area contributed by atoms with Crippen LogP contribution in [0.1, 0.15) is 13.8 Å². The topological polar surface area (TPSA) is 6.48 Å². The standard InChI is InChI=1S/C18H20N2/c1-4-14(2)18-19(3)16-12-8-9-13-17(16)20(18)15-10-6-5-7-11-15/h4-13,18H,1-3H3/b14-4+. The molecule has 0 fully saturated rings. The van der Waals surface area contributed by atoms with Gasteiger partial charge in [-0.25, -0.2) is 0 Å². The lowest BCUT2D eigenvalue weighted by atomic mass is 10.1. The Morgan fingerprint density at radius 2 is 1.55 bits per heavy atom. The van der Waals surface area contributed by atoms with Crippen molar-refractivity contribution in [1.29, 1.82) is 0 Å². The van der Waals surface area contributed by atoms with Gasteiger partial charge in [-0.2, -0.15) is 0 Å². The average Bonchev–Trinajstić information content (AvgIpc) is 2.81. The number of benzene rings is 2. The molecule has 2 aromatic rings. The molecule has 2 heteroatoms. The molecule has 102 valence electrons. The summed E-state index contributed by atoms with van der Waals surface area (Å²) in [4.78, 5) is 4.75. The third-order valence-corrected chi connectivity index (χ3v) is 4.03. The van der Waals surface area contributed by atoms with E-state index in [1.807, 2.05) is 0 Å². The van der Waals surface area contributed by atoms with Gasteiger partial charge in [-0.15, -0.1) is 0 Å². The summed E-state index contributed by atoms with van der Waals surface area (Å²) in [6, 6.07) is 19.2. The highest BCUT2D eigenvalue weighted by Gasteiger charge is 2.34. The van der Waals surface area contributed by atoms with Gasteiger partial charge in [-0.3, -0.25) is 0 Å². The Hall–Kier alpha value is -2.22. The molecule has 1 heterocycles. The Labute approximate surface area is 121 Å². The Bertz CT molecular complexity index is 631. The van der Waals surface area contributed by atoms with E-state index in [2.05, 4.69) is 91.4 Å². The first-order valence-corrected chi connectivity index (χ1v) is 7.03.